The van der Waals surface area contributed by atoms with Crippen LogP contribution in [0, 0.1) is 0 Å². The third-order valence-corrected chi connectivity index (χ3v) is 1.64. The molecule has 0 saturated heterocycles. The molecule has 0 nitrogen and oxygen atoms in total. The Kier molecular flexibility index (Phi) is 3.91. The Labute approximate surface area is 73.2 Å². The average Bonchev–Trinajstić information content (AvgIpc) is 1.84. The fourth-order valence-corrected chi connectivity index (χ4v) is 0.733. The van der Waals surface area contributed by atoms with Crippen molar-refractivity contribution in [2.75, 3.05) is 0 Å². The fourth-order valence-electron chi connectivity index (χ4n) is 0.306. The van der Waals surface area contributed by atoms with Crippen LogP contribution in [0.1, 0.15) is 6.92 Å². The van der Waals surface area contributed by atoms with E-state index in [-0.39, 0.29) is 9.51 Å². The number of rotatable bonds is 2. The summed E-state index contributed by atoms with van der Waals surface area (Å²) < 4.78 is 12.8. The third-order valence-electron chi connectivity index (χ3n) is 0.806. The summed E-state index contributed by atoms with van der Waals surface area (Å²) in [6.45, 7) is 8.41. The van der Waals surface area contributed by atoms with Crippen LogP contribution < -0.4 is 0 Å². The van der Waals surface area contributed by atoms with E-state index in [0.29, 0.717) is 5.57 Å². The van der Waals surface area contributed by atoms with Crippen molar-refractivity contribution in [3.05, 3.63) is 34.1 Å². The minimum Gasteiger partial charge on any atom is -0.204 e. The molecule has 3 heteroatoms. The standard InChI is InChI=1S/C7H7BrClF/c1-4(2)6(9)7(10)5(3)8/h1,3H2,2H3/b7-6-. The highest BCUT2D eigenvalue weighted by molar-refractivity contribution is 9.11. The summed E-state index contributed by atoms with van der Waals surface area (Å²) >= 11 is 8.33. The van der Waals surface area contributed by atoms with Crippen molar-refractivity contribution in [3.8, 4) is 0 Å². The van der Waals surface area contributed by atoms with Gasteiger partial charge in [-0.3, -0.25) is 0 Å². The summed E-state index contributed by atoms with van der Waals surface area (Å²) in [5.74, 6) is -0.561. The lowest BCUT2D eigenvalue weighted by atomic mass is 10.3. The van der Waals surface area contributed by atoms with Crippen LogP contribution in [-0.4, -0.2) is 0 Å². The lowest BCUT2D eigenvalue weighted by Crippen LogP contribution is -1.79. The molecule has 0 bridgehead atoms. The molecule has 0 aliphatic heterocycles. The first-order valence-corrected chi connectivity index (χ1v) is 3.70. The van der Waals surface area contributed by atoms with Gasteiger partial charge in [0.25, 0.3) is 0 Å². The van der Waals surface area contributed by atoms with Crippen molar-refractivity contribution in [3.63, 3.8) is 0 Å². The van der Waals surface area contributed by atoms with Crippen molar-refractivity contribution in [1.82, 2.24) is 0 Å². The predicted octanol–water partition coefficient (Wildman–Crippen LogP) is 3.89. The molecular weight excluding hydrogens is 218 g/mol. The highest BCUT2D eigenvalue weighted by atomic mass is 79.9. The first kappa shape index (κ1) is 9.92. The largest absolute Gasteiger partial charge is 0.204 e. The van der Waals surface area contributed by atoms with Crippen LogP contribution in [0.3, 0.4) is 0 Å². The SMILES string of the molecule is C=C(Br)/C(F)=C(/Cl)C(=C)C. The second-order valence-electron chi connectivity index (χ2n) is 1.81. The smallest absolute Gasteiger partial charge is 0.155 e. The Morgan fingerprint density at radius 3 is 2.00 bits per heavy atom. The minimum atomic E-state index is -0.561. The van der Waals surface area contributed by atoms with Gasteiger partial charge in [-0.2, -0.15) is 0 Å². The predicted molar refractivity (Wildman–Crippen MR) is 46.9 cm³/mol. The first-order chi connectivity index (χ1) is 4.46. The lowest BCUT2D eigenvalue weighted by molar-refractivity contribution is 0.661. The zero-order valence-electron chi connectivity index (χ0n) is 5.55. The second-order valence-corrected chi connectivity index (χ2v) is 3.15. The molecule has 0 saturated carbocycles. The van der Waals surface area contributed by atoms with Crippen LogP contribution in [0.15, 0.2) is 34.1 Å². The molecule has 0 N–H and O–H groups in total. The third kappa shape index (κ3) is 2.67. The highest BCUT2D eigenvalue weighted by Gasteiger charge is 2.05. The first-order valence-electron chi connectivity index (χ1n) is 2.52. The van der Waals surface area contributed by atoms with Gasteiger partial charge < -0.3 is 0 Å². The molecule has 0 rings (SSSR count). The summed E-state index contributed by atoms with van der Waals surface area (Å²) in [7, 11) is 0. The molecule has 0 aromatic rings. The molecule has 0 aromatic heterocycles. The van der Waals surface area contributed by atoms with Crippen LogP contribution in [0.2, 0.25) is 0 Å². The highest BCUT2D eigenvalue weighted by Crippen LogP contribution is 2.26. The normalized spacial score (nSPS) is 12.4. The second kappa shape index (κ2) is 3.94. The van der Waals surface area contributed by atoms with Crippen molar-refractivity contribution >= 4 is 27.5 Å². The molecule has 0 amide bonds. The van der Waals surface area contributed by atoms with E-state index in [0.717, 1.165) is 0 Å². The van der Waals surface area contributed by atoms with E-state index in [1.807, 2.05) is 0 Å². The topological polar surface area (TPSA) is 0 Å². The van der Waals surface area contributed by atoms with Gasteiger partial charge >= 0.3 is 0 Å². The zero-order valence-corrected chi connectivity index (χ0v) is 7.89. The van der Waals surface area contributed by atoms with E-state index in [1.165, 1.54) is 0 Å². The van der Waals surface area contributed by atoms with Gasteiger partial charge in [-0.15, -0.1) is 0 Å². The Balaban J connectivity index is 4.67. The maximum absolute atomic E-state index is 12.7. The molecule has 0 spiro atoms. The Hall–Kier alpha value is -0.0800. The molecular formula is C7H7BrClF. The van der Waals surface area contributed by atoms with Crippen LogP contribution in [0.4, 0.5) is 4.39 Å². The number of halogens is 3. The maximum atomic E-state index is 12.7. The molecule has 10 heavy (non-hydrogen) atoms. The van der Waals surface area contributed by atoms with Gasteiger partial charge in [-0.25, -0.2) is 4.39 Å². The Morgan fingerprint density at radius 2 is 1.90 bits per heavy atom. The summed E-state index contributed by atoms with van der Waals surface area (Å²) in [5.41, 5.74) is 0.486. The minimum absolute atomic E-state index is 0.0156. The lowest BCUT2D eigenvalue weighted by Gasteiger charge is -1.97. The summed E-state index contributed by atoms with van der Waals surface area (Å²) in [6, 6.07) is 0. The molecule has 56 valence electrons. The summed E-state index contributed by atoms with van der Waals surface area (Å²) in [5, 5.41) is 0.0156. The molecule has 0 aliphatic rings. The van der Waals surface area contributed by atoms with E-state index >= 15 is 0 Å². The van der Waals surface area contributed by atoms with Crippen molar-refractivity contribution < 1.29 is 4.39 Å². The van der Waals surface area contributed by atoms with E-state index in [1.54, 1.807) is 6.92 Å². The molecule has 0 heterocycles. The van der Waals surface area contributed by atoms with Crippen molar-refractivity contribution in [2.45, 2.75) is 6.92 Å². The Morgan fingerprint density at radius 1 is 1.50 bits per heavy atom. The monoisotopic (exact) mass is 224 g/mol. The summed E-state index contributed by atoms with van der Waals surface area (Å²) in [6.07, 6.45) is 0. The molecule has 0 fully saturated rings. The van der Waals surface area contributed by atoms with Crippen LogP contribution in [0.5, 0.6) is 0 Å². The zero-order chi connectivity index (χ0) is 8.31. The quantitative estimate of drug-likeness (QED) is 0.626. The molecule has 0 atom stereocenters. The van der Waals surface area contributed by atoms with Gasteiger partial charge in [-0.05, 0) is 28.4 Å². The molecule has 0 aromatic carbocycles. The number of hydrogen-bond acceptors (Lipinski definition) is 0. The van der Waals surface area contributed by atoms with Gasteiger partial charge in [0, 0.05) is 4.48 Å². The number of hydrogen-bond donors (Lipinski definition) is 0. The van der Waals surface area contributed by atoms with Crippen molar-refractivity contribution in [1.29, 1.82) is 0 Å². The fraction of sp³-hybridized carbons (Fsp3) is 0.143. The van der Waals surface area contributed by atoms with Gasteiger partial charge in [0.1, 0.15) is 0 Å². The average molecular weight is 225 g/mol. The molecule has 0 aliphatic carbocycles. The van der Waals surface area contributed by atoms with E-state index < -0.39 is 5.83 Å². The van der Waals surface area contributed by atoms with Crippen LogP contribution >= 0.6 is 27.5 Å². The van der Waals surface area contributed by atoms with Gasteiger partial charge in [0.15, 0.2) is 5.83 Å². The summed E-state index contributed by atoms with van der Waals surface area (Å²) in [4.78, 5) is 0. The molecule has 0 radical (unpaired) electrons. The molecule has 0 unspecified atom stereocenters. The van der Waals surface area contributed by atoms with E-state index in [9.17, 15) is 4.39 Å². The van der Waals surface area contributed by atoms with Gasteiger partial charge in [0.2, 0.25) is 0 Å². The van der Waals surface area contributed by atoms with Gasteiger partial charge in [-0.1, -0.05) is 24.8 Å². The van der Waals surface area contributed by atoms with Crippen LogP contribution in [-0.2, 0) is 0 Å². The van der Waals surface area contributed by atoms with Crippen LogP contribution in [0.25, 0.3) is 0 Å². The van der Waals surface area contributed by atoms with E-state index in [4.69, 9.17) is 11.6 Å². The van der Waals surface area contributed by atoms with Crippen molar-refractivity contribution in [2.24, 2.45) is 0 Å². The maximum Gasteiger partial charge on any atom is 0.155 e. The van der Waals surface area contributed by atoms with E-state index in [2.05, 4.69) is 29.1 Å². The van der Waals surface area contributed by atoms with Gasteiger partial charge in [0.05, 0.1) is 5.03 Å². The Bertz CT molecular complexity index is 184. The number of allylic oxidation sites excluding steroid dienone is 4.